The van der Waals surface area contributed by atoms with E-state index in [9.17, 15) is 9.90 Å². The second-order valence-electron chi connectivity index (χ2n) is 3.92. The Morgan fingerprint density at radius 3 is 2.86 bits per heavy atom. The van der Waals surface area contributed by atoms with Crippen LogP contribution in [0.4, 0.5) is 0 Å². The molecule has 0 aromatic heterocycles. The fourth-order valence-electron chi connectivity index (χ4n) is 1.87. The van der Waals surface area contributed by atoms with E-state index in [4.69, 9.17) is 11.6 Å². The van der Waals surface area contributed by atoms with Crippen LogP contribution in [0.2, 0.25) is 0 Å². The van der Waals surface area contributed by atoms with Crippen LogP contribution in [0.3, 0.4) is 0 Å². The minimum atomic E-state index is -0.456. The van der Waals surface area contributed by atoms with E-state index in [0.29, 0.717) is 19.5 Å². The number of halogens is 1. The van der Waals surface area contributed by atoms with Gasteiger partial charge in [-0.3, -0.25) is 4.79 Å². The molecule has 0 saturated carbocycles. The maximum Gasteiger partial charge on any atom is 0.240 e. The van der Waals surface area contributed by atoms with Crippen LogP contribution in [0.5, 0.6) is 0 Å². The van der Waals surface area contributed by atoms with Gasteiger partial charge in [0.2, 0.25) is 5.91 Å². The molecule has 3 unspecified atom stereocenters. The maximum absolute atomic E-state index is 11.6. The third-order valence-corrected chi connectivity index (χ3v) is 3.06. The van der Waals surface area contributed by atoms with Crippen molar-refractivity contribution in [2.75, 3.05) is 13.1 Å². The van der Waals surface area contributed by atoms with E-state index in [1.165, 1.54) is 0 Å². The van der Waals surface area contributed by atoms with E-state index in [0.717, 1.165) is 6.42 Å². The van der Waals surface area contributed by atoms with Crippen molar-refractivity contribution in [2.24, 2.45) is 5.92 Å². The molecule has 1 amide bonds. The van der Waals surface area contributed by atoms with Gasteiger partial charge in [-0.1, -0.05) is 6.92 Å². The lowest BCUT2D eigenvalue weighted by molar-refractivity contribution is -0.134. The Hall–Kier alpha value is -0.280. The standard InChI is InChI=1S/C10H18ClNO2/c1-3-8-6-12(5-4-9(8)13)10(14)7(2)11/h7-9,13H,3-6H2,1-2H3. The molecule has 1 aliphatic rings. The average Bonchev–Trinajstić information content (AvgIpc) is 2.17. The molecule has 0 bridgehead atoms. The maximum atomic E-state index is 11.6. The van der Waals surface area contributed by atoms with Gasteiger partial charge in [-0.05, 0) is 19.8 Å². The summed E-state index contributed by atoms with van der Waals surface area (Å²) in [5.41, 5.74) is 0. The molecule has 0 radical (unpaired) electrons. The minimum absolute atomic E-state index is 0.0167. The number of likely N-dealkylation sites (tertiary alicyclic amines) is 1. The van der Waals surface area contributed by atoms with Crippen molar-refractivity contribution in [3.8, 4) is 0 Å². The summed E-state index contributed by atoms with van der Waals surface area (Å²) in [4.78, 5) is 13.3. The molecule has 0 aliphatic carbocycles. The Bertz CT molecular complexity index is 208. The lowest BCUT2D eigenvalue weighted by Crippen LogP contribution is -2.47. The molecule has 0 spiro atoms. The number of alkyl halides is 1. The highest BCUT2D eigenvalue weighted by Gasteiger charge is 2.30. The number of carbonyl (C=O) groups excluding carboxylic acids is 1. The van der Waals surface area contributed by atoms with Gasteiger partial charge in [-0.2, -0.15) is 0 Å². The summed E-state index contributed by atoms with van der Waals surface area (Å²) in [6.45, 7) is 5.00. The highest BCUT2D eigenvalue weighted by Crippen LogP contribution is 2.21. The largest absolute Gasteiger partial charge is 0.393 e. The van der Waals surface area contributed by atoms with E-state index in [1.807, 2.05) is 6.92 Å². The monoisotopic (exact) mass is 219 g/mol. The molecule has 3 atom stereocenters. The molecule has 82 valence electrons. The molecule has 0 aromatic carbocycles. The third-order valence-electron chi connectivity index (χ3n) is 2.87. The van der Waals surface area contributed by atoms with Crippen molar-refractivity contribution >= 4 is 17.5 Å². The van der Waals surface area contributed by atoms with E-state index >= 15 is 0 Å². The molecule has 4 heteroatoms. The number of amides is 1. The van der Waals surface area contributed by atoms with Crippen LogP contribution in [0, 0.1) is 5.92 Å². The summed E-state index contributed by atoms with van der Waals surface area (Å²) in [7, 11) is 0. The zero-order valence-corrected chi connectivity index (χ0v) is 9.50. The summed E-state index contributed by atoms with van der Waals surface area (Å²) in [5.74, 6) is 0.195. The predicted octanol–water partition coefficient (Wildman–Crippen LogP) is 1.23. The molecule has 1 rings (SSSR count). The topological polar surface area (TPSA) is 40.5 Å². The molecule has 3 nitrogen and oxygen atoms in total. The number of aliphatic hydroxyl groups excluding tert-OH is 1. The van der Waals surface area contributed by atoms with Crippen LogP contribution in [-0.4, -0.2) is 40.5 Å². The zero-order valence-electron chi connectivity index (χ0n) is 8.74. The quantitative estimate of drug-likeness (QED) is 0.710. The summed E-state index contributed by atoms with van der Waals surface area (Å²) in [6.07, 6.45) is 1.32. The van der Waals surface area contributed by atoms with Crippen molar-refractivity contribution in [1.29, 1.82) is 0 Å². The van der Waals surface area contributed by atoms with Gasteiger partial charge in [0.15, 0.2) is 0 Å². The molecule has 1 aliphatic heterocycles. The van der Waals surface area contributed by atoms with Gasteiger partial charge in [0.25, 0.3) is 0 Å². The zero-order chi connectivity index (χ0) is 10.7. The van der Waals surface area contributed by atoms with Crippen molar-refractivity contribution < 1.29 is 9.90 Å². The normalized spacial score (nSPS) is 30.1. The lowest BCUT2D eigenvalue weighted by Gasteiger charge is -2.36. The Balaban J connectivity index is 2.54. The van der Waals surface area contributed by atoms with Gasteiger partial charge >= 0.3 is 0 Å². The second-order valence-corrected chi connectivity index (χ2v) is 4.58. The molecule has 1 N–H and O–H groups in total. The number of carbonyl (C=O) groups is 1. The van der Waals surface area contributed by atoms with Crippen molar-refractivity contribution in [3.63, 3.8) is 0 Å². The van der Waals surface area contributed by atoms with Crippen LogP contribution in [0.25, 0.3) is 0 Å². The van der Waals surface area contributed by atoms with E-state index in [2.05, 4.69) is 0 Å². The molecule has 1 saturated heterocycles. The van der Waals surface area contributed by atoms with Gasteiger partial charge < -0.3 is 10.0 Å². The molecule has 14 heavy (non-hydrogen) atoms. The number of piperidine rings is 1. The predicted molar refractivity (Wildman–Crippen MR) is 56.3 cm³/mol. The van der Waals surface area contributed by atoms with Crippen LogP contribution >= 0.6 is 11.6 Å². The Kier molecular flexibility index (Phi) is 4.20. The first-order valence-electron chi connectivity index (χ1n) is 5.17. The lowest BCUT2D eigenvalue weighted by atomic mass is 9.92. The van der Waals surface area contributed by atoms with Gasteiger partial charge in [-0.25, -0.2) is 0 Å². The first kappa shape index (κ1) is 11.8. The Labute approximate surface area is 90.0 Å². The summed E-state index contributed by atoms with van der Waals surface area (Å²) >= 11 is 5.74. The fraction of sp³-hybridized carbons (Fsp3) is 0.900. The molecular formula is C10H18ClNO2. The first-order chi connectivity index (χ1) is 6.56. The number of nitrogens with zero attached hydrogens (tertiary/aromatic N) is 1. The third kappa shape index (κ3) is 2.61. The van der Waals surface area contributed by atoms with Crippen molar-refractivity contribution in [3.05, 3.63) is 0 Å². The average molecular weight is 220 g/mol. The Morgan fingerprint density at radius 1 is 1.71 bits per heavy atom. The van der Waals surface area contributed by atoms with E-state index in [1.54, 1.807) is 11.8 Å². The van der Waals surface area contributed by atoms with Crippen LogP contribution < -0.4 is 0 Å². The van der Waals surface area contributed by atoms with Gasteiger partial charge in [0.1, 0.15) is 5.38 Å². The number of rotatable bonds is 2. The van der Waals surface area contributed by atoms with Gasteiger partial charge in [-0.15, -0.1) is 11.6 Å². The van der Waals surface area contributed by atoms with Crippen molar-refractivity contribution in [1.82, 2.24) is 4.90 Å². The van der Waals surface area contributed by atoms with Crippen LogP contribution in [-0.2, 0) is 4.79 Å². The summed E-state index contributed by atoms with van der Waals surface area (Å²) in [5, 5.41) is 9.18. The van der Waals surface area contributed by atoms with Crippen LogP contribution in [0.1, 0.15) is 26.7 Å². The van der Waals surface area contributed by atoms with Crippen LogP contribution in [0.15, 0.2) is 0 Å². The van der Waals surface area contributed by atoms with Gasteiger partial charge in [0.05, 0.1) is 6.10 Å². The van der Waals surface area contributed by atoms with E-state index < -0.39 is 5.38 Å². The van der Waals surface area contributed by atoms with Gasteiger partial charge in [0, 0.05) is 19.0 Å². The van der Waals surface area contributed by atoms with Crippen molar-refractivity contribution in [2.45, 2.75) is 38.2 Å². The number of hydrogen-bond donors (Lipinski definition) is 1. The Morgan fingerprint density at radius 2 is 2.36 bits per heavy atom. The summed E-state index contributed by atoms with van der Waals surface area (Å²) < 4.78 is 0. The highest BCUT2D eigenvalue weighted by molar-refractivity contribution is 6.30. The second kappa shape index (κ2) is 4.99. The molecule has 1 fully saturated rings. The molecule has 1 heterocycles. The number of aliphatic hydroxyl groups is 1. The first-order valence-corrected chi connectivity index (χ1v) is 5.60. The molecule has 0 aromatic rings. The smallest absolute Gasteiger partial charge is 0.240 e. The highest BCUT2D eigenvalue weighted by atomic mass is 35.5. The van der Waals surface area contributed by atoms with E-state index in [-0.39, 0.29) is 17.9 Å². The number of hydrogen-bond acceptors (Lipinski definition) is 2. The molecular weight excluding hydrogens is 202 g/mol. The fourth-order valence-corrected chi connectivity index (χ4v) is 2.01. The summed E-state index contributed by atoms with van der Waals surface area (Å²) in [6, 6.07) is 0. The SMILES string of the molecule is CCC1CN(C(=O)C(C)Cl)CCC1O. The minimum Gasteiger partial charge on any atom is -0.393 e.